The van der Waals surface area contributed by atoms with Crippen molar-refractivity contribution in [2.45, 2.75) is 38.0 Å². The Morgan fingerprint density at radius 1 is 1.22 bits per heavy atom. The molecular formula is C20H23NOS. The highest BCUT2D eigenvalue weighted by molar-refractivity contribution is 7.99. The van der Waals surface area contributed by atoms with E-state index in [1.54, 1.807) is 11.8 Å². The molecule has 2 aromatic rings. The first-order chi connectivity index (χ1) is 11.2. The minimum Gasteiger partial charge on any atom is -0.349 e. The molecule has 120 valence electrons. The zero-order valence-electron chi connectivity index (χ0n) is 13.5. The van der Waals surface area contributed by atoms with Gasteiger partial charge in [-0.2, -0.15) is 0 Å². The average molecular weight is 325 g/mol. The molecule has 1 aliphatic carbocycles. The van der Waals surface area contributed by atoms with Crippen LogP contribution in [0.15, 0.2) is 48.5 Å². The van der Waals surface area contributed by atoms with E-state index in [2.05, 4.69) is 60.8 Å². The van der Waals surface area contributed by atoms with E-state index in [1.807, 2.05) is 0 Å². The molecule has 0 heterocycles. The average Bonchev–Trinajstić information content (AvgIpc) is 2.55. The predicted octanol–water partition coefficient (Wildman–Crippen LogP) is 4.42. The van der Waals surface area contributed by atoms with Crippen LogP contribution in [-0.2, 0) is 17.0 Å². The minimum absolute atomic E-state index is 0.143. The molecule has 0 radical (unpaired) electrons. The van der Waals surface area contributed by atoms with E-state index in [-0.39, 0.29) is 11.9 Å². The lowest BCUT2D eigenvalue weighted by atomic mass is 9.88. The summed E-state index contributed by atoms with van der Waals surface area (Å²) in [6.45, 7) is 2.10. The summed E-state index contributed by atoms with van der Waals surface area (Å²) in [5.41, 5.74) is 5.24. The van der Waals surface area contributed by atoms with Gasteiger partial charge >= 0.3 is 0 Å². The first-order valence-corrected chi connectivity index (χ1v) is 9.38. The summed E-state index contributed by atoms with van der Waals surface area (Å²) in [4.78, 5) is 12.2. The van der Waals surface area contributed by atoms with Gasteiger partial charge in [0.25, 0.3) is 0 Å². The smallest absolute Gasteiger partial charge is 0.230 e. The van der Waals surface area contributed by atoms with Gasteiger partial charge in [0.05, 0.1) is 11.8 Å². The first-order valence-electron chi connectivity index (χ1n) is 8.23. The Kier molecular flexibility index (Phi) is 5.39. The molecule has 1 amide bonds. The van der Waals surface area contributed by atoms with Gasteiger partial charge in [0.15, 0.2) is 0 Å². The number of hydrogen-bond acceptors (Lipinski definition) is 2. The van der Waals surface area contributed by atoms with Gasteiger partial charge in [-0.05, 0) is 42.9 Å². The molecule has 1 atom stereocenters. The van der Waals surface area contributed by atoms with E-state index in [0.29, 0.717) is 5.75 Å². The molecular weight excluding hydrogens is 302 g/mol. The number of carbonyl (C=O) groups is 1. The molecule has 1 N–H and O–H groups in total. The highest BCUT2D eigenvalue weighted by Gasteiger charge is 2.21. The third-order valence-electron chi connectivity index (χ3n) is 4.29. The Morgan fingerprint density at radius 3 is 2.96 bits per heavy atom. The van der Waals surface area contributed by atoms with Crippen molar-refractivity contribution in [3.05, 3.63) is 70.8 Å². The van der Waals surface area contributed by atoms with Crippen LogP contribution in [-0.4, -0.2) is 11.7 Å². The van der Waals surface area contributed by atoms with Crippen molar-refractivity contribution in [3.63, 3.8) is 0 Å². The van der Waals surface area contributed by atoms with Crippen LogP contribution < -0.4 is 5.32 Å². The second kappa shape index (κ2) is 7.69. The van der Waals surface area contributed by atoms with Crippen LogP contribution in [0.1, 0.15) is 41.1 Å². The summed E-state index contributed by atoms with van der Waals surface area (Å²) in [6.07, 6.45) is 3.33. The monoisotopic (exact) mass is 325 g/mol. The van der Waals surface area contributed by atoms with Crippen LogP contribution in [0.3, 0.4) is 0 Å². The molecule has 2 aromatic carbocycles. The molecule has 23 heavy (non-hydrogen) atoms. The maximum Gasteiger partial charge on any atom is 0.230 e. The van der Waals surface area contributed by atoms with Crippen LogP contribution in [0.25, 0.3) is 0 Å². The van der Waals surface area contributed by atoms with Gasteiger partial charge < -0.3 is 5.32 Å². The van der Waals surface area contributed by atoms with Crippen LogP contribution in [0.2, 0.25) is 0 Å². The van der Waals surface area contributed by atoms with Crippen LogP contribution in [0.5, 0.6) is 0 Å². The van der Waals surface area contributed by atoms with Crippen molar-refractivity contribution in [2.75, 3.05) is 5.75 Å². The number of fused-ring (bicyclic) bond motifs is 1. The molecule has 0 saturated heterocycles. The molecule has 0 saturated carbocycles. The normalized spacial score (nSPS) is 16.7. The van der Waals surface area contributed by atoms with Gasteiger partial charge in [0, 0.05) is 5.75 Å². The summed E-state index contributed by atoms with van der Waals surface area (Å²) >= 11 is 1.68. The Morgan fingerprint density at radius 2 is 2.09 bits per heavy atom. The Bertz CT molecular complexity index is 683. The van der Waals surface area contributed by atoms with Gasteiger partial charge in [-0.15, -0.1) is 11.8 Å². The fourth-order valence-electron chi connectivity index (χ4n) is 3.20. The minimum atomic E-state index is 0.143. The maximum atomic E-state index is 12.2. The van der Waals surface area contributed by atoms with E-state index >= 15 is 0 Å². The molecule has 2 nitrogen and oxygen atoms in total. The SMILES string of the molecule is Cc1cccc(CSCC(=O)NC2CCCc3ccccc32)c1. The number of thioether (sulfide) groups is 1. The summed E-state index contributed by atoms with van der Waals surface area (Å²) in [5.74, 6) is 1.55. The van der Waals surface area contributed by atoms with Gasteiger partial charge in [-0.1, -0.05) is 54.1 Å². The van der Waals surface area contributed by atoms with Gasteiger partial charge in [-0.25, -0.2) is 0 Å². The fraction of sp³-hybridized carbons (Fsp3) is 0.350. The summed E-state index contributed by atoms with van der Waals surface area (Å²) in [5, 5.41) is 3.21. The van der Waals surface area contributed by atoms with Gasteiger partial charge in [0.2, 0.25) is 5.91 Å². The van der Waals surface area contributed by atoms with Crippen molar-refractivity contribution >= 4 is 17.7 Å². The van der Waals surface area contributed by atoms with Crippen molar-refractivity contribution < 1.29 is 4.79 Å². The maximum absolute atomic E-state index is 12.2. The molecule has 3 heteroatoms. The highest BCUT2D eigenvalue weighted by atomic mass is 32.2. The molecule has 3 rings (SSSR count). The summed E-state index contributed by atoms with van der Waals surface area (Å²) < 4.78 is 0. The van der Waals surface area contributed by atoms with Crippen molar-refractivity contribution in [1.82, 2.24) is 5.32 Å². The van der Waals surface area contributed by atoms with Crippen LogP contribution >= 0.6 is 11.8 Å². The molecule has 1 unspecified atom stereocenters. The molecule has 0 aliphatic heterocycles. The second-order valence-corrected chi connectivity index (χ2v) is 7.18. The lowest BCUT2D eigenvalue weighted by Crippen LogP contribution is -2.32. The van der Waals surface area contributed by atoms with E-state index < -0.39 is 0 Å². The van der Waals surface area contributed by atoms with E-state index in [9.17, 15) is 4.79 Å². The standard InChI is InChI=1S/C20H23NOS/c1-15-6-4-7-16(12-15)13-23-14-20(22)21-19-11-5-9-17-8-2-3-10-18(17)19/h2-4,6-8,10,12,19H,5,9,11,13-14H2,1H3,(H,21,22). The molecule has 0 aromatic heterocycles. The van der Waals surface area contributed by atoms with Gasteiger partial charge in [-0.3, -0.25) is 4.79 Å². The number of nitrogens with one attached hydrogen (secondary N) is 1. The lowest BCUT2D eigenvalue weighted by Gasteiger charge is -2.26. The number of carbonyl (C=O) groups excluding carboxylic acids is 1. The largest absolute Gasteiger partial charge is 0.349 e. The van der Waals surface area contributed by atoms with E-state index in [1.165, 1.54) is 22.3 Å². The highest BCUT2D eigenvalue weighted by Crippen LogP contribution is 2.29. The zero-order valence-corrected chi connectivity index (χ0v) is 14.4. The number of aryl methyl sites for hydroxylation is 2. The lowest BCUT2D eigenvalue weighted by molar-refractivity contribution is -0.119. The van der Waals surface area contributed by atoms with E-state index in [0.717, 1.165) is 25.0 Å². The second-order valence-electron chi connectivity index (χ2n) is 6.19. The topological polar surface area (TPSA) is 29.1 Å². The fourth-order valence-corrected chi connectivity index (χ4v) is 3.99. The van der Waals surface area contributed by atoms with Gasteiger partial charge in [0.1, 0.15) is 0 Å². The first kappa shape index (κ1) is 16.1. The quantitative estimate of drug-likeness (QED) is 0.881. The number of hydrogen-bond donors (Lipinski definition) is 1. The zero-order chi connectivity index (χ0) is 16.1. The molecule has 0 spiro atoms. The van der Waals surface area contributed by atoms with Crippen molar-refractivity contribution in [3.8, 4) is 0 Å². The van der Waals surface area contributed by atoms with Crippen molar-refractivity contribution in [1.29, 1.82) is 0 Å². The Balaban J connectivity index is 1.50. The van der Waals surface area contributed by atoms with Crippen molar-refractivity contribution in [2.24, 2.45) is 0 Å². The third kappa shape index (κ3) is 4.38. The van der Waals surface area contributed by atoms with E-state index in [4.69, 9.17) is 0 Å². The summed E-state index contributed by atoms with van der Waals surface area (Å²) in [7, 11) is 0. The molecule has 1 aliphatic rings. The summed E-state index contributed by atoms with van der Waals surface area (Å²) in [6, 6.07) is 17.1. The number of benzene rings is 2. The Labute approximate surface area is 142 Å². The Hall–Kier alpha value is -1.74. The number of rotatable bonds is 5. The van der Waals surface area contributed by atoms with Crippen LogP contribution in [0, 0.1) is 6.92 Å². The third-order valence-corrected chi connectivity index (χ3v) is 5.29. The molecule has 0 fully saturated rings. The molecule has 0 bridgehead atoms. The number of amides is 1. The predicted molar refractivity (Wildman–Crippen MR) is 97.6 cm³/mol. The van der Waals surface area contributed by atoms with Crippen LogP contribution in [0.4, 0.5) is 0 Å².